The summed E-state index contributed by atoms with van der Waals surface area (Å²) in [4.78, 5) is 1.36. The summed E-state index contributed by atoms with van der Waals surface area (Å²) in [5, 5.41) is 4.76. The molecular formula is C14H14BrCl2NS. The van der Waals surface area contributed by atoms with E-state index in [1.54, 1.807) is 17.4 Å². The van der Waals surface area contributed by atoms with Gasteiger partial charge in [-0.3, -0.25) is 0 Å². The third-order valence-corrected chi connectivity index (χ3v) is 5.20. The highest BCUT2D eigenvalue weighted by Crippen LogP contribution is 2.25. The quantitative estimate of drug-likeness (QED) is 0.754. The van der Waals surface area contributed by atoms with Crippen LogP contribution in [-0.4, -0.2) is 13.1 Å². The van der Waals surface area contributed by atoms with Crippen LogP contribution in [0.1, 0.15) is 10.4 Å². The van der Waals surface area contributed by atoms with Crippen LogP contribution in [0.15, 0.2) is 34.1 Å². The van der Waals surface area contributed by atoms with Crippen molar-refractivity contribution in [2.45, 2.75) is 18.9 Å². The summed E-state index contributed by atoms with van der Waals surface area (Å²) in [6, 6.07) is 10.3. The first-order valence-corrected chi connectivity index (χ1v) is 8.30. The molecule has 0 aliphatic heterocycles. The second kappa shape index (κ2) is 7.09. The van der Waals surface area contributed by atoms with Crippen LogP contribution >= 0.6 is 50.5 Å². The lowest BCUT2D eigenvalue weighted by Gasteiger charge is -2.16. The zero-order valence-electron chi connectivity index (χ0n) is 10.4. The van der Waals surface area contributed by atoms with E-state index in [2.05, 4.69) is 33.4 Å². The van der Waals surface area contributed by atoms with E-state index >= 15 is 0 Å². The molecule has 0 fully saturated rings. The molecule has 0 bridgehead atoms. The first-order valence-electron chi connectivity index (χ1n) is 5.94. The van der Waals surface area contributed by atoms with Crippen molar-refractivity contribution in [1.29, 1.82) is 0 Å². The molecule has 1 N–H and O–H groups in total. The number of halogens is 3. The van der Waals surface area contributed by atoms with Crippen LogP contribution in [0.3, 0.4) is 0 Å². The minimum Gasteiger partial charge on any atom is -0.316 e. The van der Waals surface area contributed by atoms with Crippen LogP contribution in [0.2, 0.25) is 10.0 Å². The Balaban J connectivity index is 2.06. The van der Waals surface area contributed by atoms with E-state index in [1.807, 2.05) is 19.2 Å². The molecular weight excluding hydrogens is 365 g/mol. The topological polar surface area (TPSA) is 12.0 Å². The Labute approximate surface area is 136 Å². The number of benzene rings is 1. The molecule has 0 aliphatic rings. The maximum atomic E-state index is 6.22. The minimum absolute atomic E-state index is 0.365. The largest absolute Gasteiger partial charge is 0.316 e. The molecule has 0 spiro atoms. The summed E-state index contributed by atoms with van der Waals surface area (Å²) in [7, 11) is 1.98. The van der Waals surface area contributed by atoms with Gasteiger partial charge in [0.1, 0.15) is 0 Å². The molecule has 0 amide bonds. The molecule has 2 rings (SSSR count). The average Bonchev–Trinajstić information content (AvgIpc) is 2.77. The number of thiophene rings is 1. The van der Waals surface area contributed by atoms with Crippen molar-refractivity contribution in [3.63, 3.8) is 0 Å². The molecule has 0 radical (unpaired) electrons. The lowest BCUT2D eigenvalue weighted by Crippen LogP contribution is -2.29. The van der Waals surface area contributed by atoms with Gasteiger partial charge in [0.2, 0.25) is 0 Å². The molecule has 1 heterocycles. The molecule has 1 nitrogen and oxygen atoms in total. The summed E-state index contributed by atoms with van der Waals surface area (Å²) >= 11 is 17.4. The second-order valence-electron chi connectivity index (χ2n) is 4.34. The van der Waals surface area contributed by atoms with Gasteiger partial charge >= 0.3 is 0 Å². The Morgan fingerprint density at radius 3 is 2.58 bits per heavy atom. The van der Waals surface area contributed by atoms with Crippen LogP contribution in [0.4, 0.5) is 0 Å². The summed E-state index contributed by atoms with van der Waals surface area (Å²) in [6.45, 7) is 0. The van der Waals surface area contributed by atoms with E-state index in [-0.39, 0.29) is 0 Å². The van der Waals surface area contributed by atoms with Crippen LogP contribution in [-0.2, 0) is 12.8 Å². The third kappa shape index (κ3) is 4.47. The molecule has 1 unspecified atom stereocenters. The molecule has 102 valence electrons. The summed E-state index contributed by atoms with van der Waals surface area (Å²) in [5.74, 6) is 0. The van der Waals surface area contributed by atoms with E-state index in [0.717, 1.165) is 23.4 Å². The maximum Gasteiger partial charge on any atom is 0.0701 e. The standard InChI is InChI=1S/C14H14BrCl2NS/c1-18-11(8-12-4-5-14(15)19-12)6-9-2-3-10(16)7-13(9)17/h2-5,7,11,18H,6,8H2,1H3. The molecule has 1 aromatic carbocycles. The van der Waals surface area contributed by atoms with Gasteiger partial charge in [-0.1, -0.05) is 29.3 Å². The molecule has 2 aromatic rings. The van der Waals surface area contributed by atoms with Gasteiger partial charge in [-0.15, -0.1) is 11.3 Å². The highest BCUT2D eigenvalue weighted by molar-refractivity contribution is 9.11. The van der Waals surface area contributed by atoms with Crippen LogP contribution < -0.4 is 5.32 Å². The van der Waals surface area contributed by atoms with E-state index in [1.165, 1.54) is 8.66 Å². The fourth-order valence-electron chi connectivity index (χ4n) is 1.93. The van der Waals surface area contributed by atoms with Crippen molar-refractivity contribution in [3.05, 3.63) is 54.6 Å². The van der Waals surface area contributed by atoms with Gasteiger partial charge in [-0.05, 0) is 65.6 Å². The molecule has 5 heteroatoms. The zero-order chi connectivity index (χ0) is 13.8. The fraction of sp³-hybridized carbons (Fsp3) is 0.286. The predicted octanol–water partition coefficient (Wildman–Crippen LogP) is 5.19. The van der Waals surface area contributed by atoms with Crippen LogP contribution in [0.25, 0.3) is 0 Å². The summed E-state index contributed by atoms with van der Waals surface area (Å²) in [5.41, 5.74) is 1.13. The van der Waals surface area contributed by atoms with Crippen molar-refractivity contribution in [1.82, 2.24) is 5.32 Å². The number of hydrogen-bond acceptors (Lipinski definition) is 2. The molecule has 0 aliphatic carbocycles. The molecule has 19 heavy (non-hydrogen) atoms. The SMILES string of the molecule is CNC(Cc1ccc(Br)s1)Cc1ccc(Cl)cc1Cl. The van der Waals surface area contributed by atoms with Crippen molar-refractivity contribution in [2.24, 2.45) is 0 Å². The molecule has 0 saturated heterocycles. The van der Waals surface area contributed by atoms with E-state index in [4.69, 9.17) is 23.2 Å². The maximum absolute atomic E-state index is 6.22. The smallest absolute Gasteiger partial charge is 0.0701 e. The van der Waals surface area contributed by atoms with Crippen molar-refractivity contribution in [2.75, 3.05) is 7.05 Å². The van der Waals surface area contributed by atoms with Gasteiger partial charge in [0.15, 0.2) is 0 Å². The zero-order valence-corrected chi connectivity index (χ0v) is 14.3. The first-order chi connectivity index (χ1) is 9.08. The Bertz CT molecular complexity index is 556. The average molecular weight is 379 g/mol. The van der Waals surface area contributed by atoms with Crippen molar-refractivity contribution in [3.8, 4) is 0 Å². The van der Waals surface area contributed by atoms with Crippen LogP contribution in [0.5, 0.6) is 0 Å². The van der Waals surface area contributed by atoms with Crippen molar-refractivity contribution < 1.29 is 0 Å². The lowest BCUT2D eigenvalue weighted by atomic mass is 10.0. The molecule has 0 saturated carbocycles. The van der Waals surface area contributed by atoms with Gasteiger partial charge < -0.3 is 5.32 Å². The van der Waals surface area contributed by atoms with E-state index in [0.29, 0.717) is 11.1 Å². The lowest BCUT2D eigenvalue weighted by molar-refractivity contribution is 0.560. The Morgan fingerprint density at radius 1 is 1.21 bits per heavy atom. The van der Waals surface area contributed by atoms with Crippen molar-refractivity contribution >= 4 is 50.5 Å². The number of hydrogen-bond donors (Lipinski definition) is 1. The number of rotatable bonds is 5. The van der Waals surface area contributed by atoms with E-state index < -0.39 is 0 Å². The van der Waals surface area contributed by atoms with E-state index in [9.17, 15) is 0 Å². The molecule has 1 aromatic heterocycles. The monoisotopic (exact) mass is 377 g/mol. The van der Waals surface area contributed by atoms with Gasteiger partial charge in [-0.25, -0.2) is 0 Å². The fourth-order valence-corrected chi connectivity index (χ4v) is 3.98. The second-order valence-corrected chi connectivity index (χ2v) is 7.73. The molecule has 1 atom stereocenters. The van der Waals surface area contributed by atoms with Gasteiger partial charge in [0.25, 0.3) is 0 Å². The highest BCUT2D eigenvalue weighted by Gasteiger charge is 2.12. The Morgan fingerprint density at radius 2 is 2.00 bits per heavy atom. The van der Waals surface area contributed by atoms with Gasteiger partial charge in [-0.2, -0.15) is 0 Å². The summed E-state index contributed by atoms with van der Waals surface area (Å²) in [6.07, 6.45) is 1.88. The Kier molecular flexibility index (Phi) is 5.72. The van der Waals surface area contributed by atoms with Gasteiger partial charge in [0, 0.05) is 21.0 Å². The predicted molar refractivity (Wildman–Crippen MR) is 88.7 cm³/mol. The number of likely N-dealkylation sites (N-methyl/N-ethyl adjacent to an activating group) is 1. The summed E-state index contributed by atoms with van der Waals surface area (Å²) < 4.78 is 1.17. The highest BCUT2D eigenvalue weighted by atomic mass is 79.9. The number of nitrogens with one attached hydrogen (secondary N) is 1. The van der Waals surface area contributed by atoms with Gasteiger partial charge in [0.05, 0.1) is 3.79 Å². The minimum atomic E-state index is 0.365. The first kappa shape index (κ1) is 15.3. The third-order valence-electron chi connectivity index (χ3n) is 2.97. The van der Waals surface area contributed by atoms with Crippen LogP contribution in [0, 0.1) is 0 Å². The Hall–Kier alpha value is -0.0600. The normalized spacial score (nSPS) is 12.6.